The first kappa shape index (κ1) is 22.1. The molecule has 0 aliphatic heterocycles. The molecule has 3 rings (SSSR count). The van der Waals surface area contributed by atoms with Crippen LogP contribution in [0.5, 0.6) is 0 Å². The van der Waals surface area contributed by atoms with Gasteiger partial charge in [-0.2, -0.15) is 0 Å². The van der Waals surface area contributed by atoms with Crippen molar-refractivity contribution < 1.29 is 13.9 Å². The molecule has 4 N–H and O–H groups in total. The second kappa shape index (κ2) is 9.48. The van der Waals surface area contributed by atoms with Gasteiger partial charge in [0.15, 0.2) is 5.82 Å². The van der Waals surface area contributed by atoms with Crippen molar-refractivity contribution in [2.24, 2.45) is 0 Å². The average Bonchev–Trinajstić information content (AvgIpc) is 2.76. The Bertz CT molecular complexity index is 1160. The van der Waals surface area contributed by atoms with E-state index in [1.807, 2.05) is 0 Å². The molecule has 0 saturated heterocycles. The first-order chi connectivity index (χ1) is 14.9. The fourth-order valence-electron chi connectivity index (χ4n) is 3.14. The van der Waals surface area contributed by atoms with Gasteiger partial charge in [0.1, 0.15) is 11.6 Å². The van der Waals surface area contributed by atoms with Crippen molar-refractivity contribution in [3.8, 4) is 5.69 Å². The molecule has 0 radical (unpaired) electrons. The molecule has 7 nitrogen and oxygen atoms in total. The third kappa shape index (κ3) is 4.61. The van der Waals surface area contributed by atoms with Crippen molar-refractivity contribution in [3.05, 3.63) is 81.4 Å². The van der Waals surface area contributed by atoms with Gasteiger partial charge in [-0.3, -0.25) is 9.36 Å². The van der Waals surface area contributed by atoms with Crippen LogP contribution < -0.4 is 16.2 Å². The molecule has 0 aliphatic carbocycles. The molecule has 9 heteroatoms. The molecular weight excluding hydrogens is 404 g/mol. The molecular formula is C22H23F2N5O2. The van der Waals surface area contributed by atoms with E-state index in [1.165, 1.54) is 18.3 Å². The van der Waals surface area contributed by atoms with Crippen molar-refractivity contribution in [3.63, 3.8) is 0 Å². The molecule has 3 aromatic rings. The topological polar surface area (TPSA) is 103 Å². The highest BCUT2D eigenvalue weighted by molar-refractivity contribution is 5.85. The van der Waals surface area contributed by atoms with E-state index in [4.69, 9.17) is 5.41 Å². The molecule has 0 fully saturated rings. The highest BCUT2D eigenvalue weighted by Crippen LogP contribution is 2.24. The average molecular weight is 427 g/mol. The number of hydrogen-bond donors (Lipinski definition) is 4. The van der Waals surface area contributed by atoms with E-state index in [0.717, 1.165) is 17.0 Å². The van der Waals surface area contributed by atoms with Crippen LogP contribution in [0, 0.1) is 24.0 Å². The number of aromatic nitrogens is 2. The monoisotopic (exact) mass is 427 g/mol. The molecule has 162 valence electrons. The van der Waals surface area contributed by atoms with E-state index in [1.54, 1.807) is 32.0 Å². The number of halogens is 2. The van der Waals surface area contributed by atoms with Crippen molar-refractivity contribution in [2.45, 2.75) is 26.4 Å². The normalized spacial score (nSPS) is 11.8. The van der Waals surface area contributed by atoms with Gasteiger partial charge < -0.3 is 21.1 Å². The summed E-state index contributed by atoms with van der Waals surface area (Å²) in [6.07, 6.45) is 3.27. The van der Waals surface area contributed by atoms with Crippen LogP contribution >= 0.6 is 0 Å². The maximum atomic E-state index is 14.7. The Balaban J connectivity index is 2.01. The molecule has 2 aromatic heterocycles. The van der Waals surface area contributed by atoms with Gasteiger partial charge in [-0.25, -0.2) is 13.8 Å². The van der Waals surface area contributed by atoms with Gasteiger partial charge in [0.25, 0.3) is 5.56 Å². The molecule has 1 aromatic carbocycles. The van der Waals surface area contributed by atoms with Gasteiger partial charge in [-0.1, -0.05) is 18.2 Å². The summed E-state index contributed by atoms with van der Waals surface area (Å²) in [7, 11) is 0. The summed E-state index contributed by atoms with van der Waals surface area (Å²) >= 11 is 0. The predicted octanol–water partition coefficient (Wildman–Crippen LogP) is 3.22. The first-order valence-electron chi connectivity index (χ1n) is 9.63. The smallest absolute Gasteiger partial charge is 0.266 e. The minimum absolute atomic E-state index is 0.00334. The highest BCUT2D eigenvalue weighted by atomic mass is 19.1. The molecule has 0 unspecified atom stereocenters. The van der Waals surface area contributed by atoms with Gasteiger partial charge in [0.05, 0.1) is 29.7 Å². The summed E-state index contributed by atoms with van der Waals surface area (Å²) in [5.41, 5.74) is 0.517. The molecule has 0 aliphatic rings. The Morgan fingerprint density at radius 3 is 2.68 bits per heavy atom. The molecule has 2 heterocycles. The lowest BCUT2D eigenvalue weighted by Gasteiger charge is -2.18. The van der Waals surface area contributed by atoms with Crippen molar-refractivity contribution in [2.75, 3.05) is 17.2 Å². The van der Waals surface area contributed by atoms with Crippen molar-refractivity contribution in [1.29, 1.82) is 5.41 Å². The number of anilines is 2. The van der Waals surface area contributed by atoms with Crippen LogP contribution in [0.2, 0.25) is 0 Å². The summed E-state index contributed by atoms with van der Waals surface area (Å²) in [6, 6.07) is 7.46. The second-order valence-electron chi connectivity index (χ2n) is 7.06. The van der Waals surface area contributed by atoms with E-state index in [9.17, 15) is 18.7 Å². The standard InChI is InChI=1S/C22H23F2N5O2/c1-13(12-30)28-21-14(2)20(18(24)11-27-21)29-8-7-19(16(9-25)22(29)31)26-10-15-5-3-4-6-17(15)23/h3-9,11,13,25-26,30H,10,12H2,1-2H3,(H,27,28)/t13-/m0/s1. The number of rotatable bonds is 8. The lowest BCUT2D eigenvalue weighted by atomic mass is 10.1. The van der Waals surface area contributed by atoms with E-state index in [-0.39, 0.29) is 36.3 Å². The fraction of sp³-hybridized carbons (Fsp3) is 0.227. The summed E-state index contributed by atoms with van der Waals surface area (Å²) in [6.45, 7) is 3.32. The maximum absolute atomic E-state index is 14.7. The predicted molar refractivity (Wildman–Crippen MR) is 116 cm³/mol. The number of aliphatic hydroxyl groups excluding tert-OH is 1. The third-order valence-electron chi connectivity index (χ3n) is 4.84. The summed E-state index contributed by atoms with van der Waals surface area (Å²) in [5.74, 6) is -0.751. The van der Waals surface area contributed by atoms with Gasteiger partial charge in [-0.15, -0.1) is 0 Å². The molecule has 0 amide bonds. The van der Waals surface area contributed by atoms with Gasteiger partial charge in [0, 0.05) is 36.1 Å². The van der Waals surface area contributed by atoms with Gasteiger partial charge >= 0.3 is 0 Å². The largest absolute Gasteiger partial charge is 0.394 e. The Kier molecular flexibility index (Phi) is 6.76. The van der Waals surface area contributed by atoms with Crippen LogP contribution in [0.25, 0.3) is 5.69 Å². The van der Waals surface area contributed by atoms with E-state index in [2.05, 4.69) is 15.6 Å². The number of benzene rings is 1. The minimum Gasteiger partial charge on any atom is -0.394 e. The van der Waals surface area contributed by atoms with Crippen LogP contribution in [-0.4, -0.2) is 33.5 Å². The zero-order chi connectivity index (χ0) is 22.5. The van der Waals surface area contributed by atoms with Crippen molar-refractivity contribution >= 4 is 17.7 Å². The Morgan fingerprint density at radius 1 is 1.26 bits per heavy atom. The third-order valence-corrected chi connectivity index (χ3v) is 4.84. The first-order valence-corrected chi connectivity index (χ1v) is 9.63. The Morgan fingerprint density at radius 2 is 2.00 bits per heavy atom. The zero-order valence-electron chi connectivity index (χ0n) is 17.1. The highest BCUT2D eigenvalue weighted by Gasteiger charge is 2.18. The molecule has 0 bridgehead atoms. The Hall–Kier alpha value is -3.59. The second-order valence-corrected chi connectivity index (χ2v) is 7.06. The summed E-state index contributed by atoms with van der Waals surface area (Å²) < 4.78 is 29.6. The van der Waals surface area contributed by atoms with Gasteiger partial charge in [0.2, 0.25) is 0 Å². The molecule has 0 saturated carbocycles. The van der Waals surface area contributed by atoms with Crippen LogP contribution in [0.15, 0.2) is 47.5 Å². The van der Waals surface area contributed by atoms with E-state index in [0.29, 0.717) is 22.6 Å². The van der Waals surface area contributed by atoms with E-state index < -0.39 is 11.4 Å². The molecule has 1 atom stereocenters. The van der Waals surface area contributed by atoms with Crippen molar-refractivity contribution in [1.82, 2.24) is 9.55 Å². The number of hydrogen-bond acceptors (Lipinski definition) is 6. The lowest BCUT2D eigenvalue weighted by Crippen LogP contribution is -2.26. The van der Waals surface area contributed by atoms with Gasteiger partial charge in [-0.05, 0) is 26.0 Å². The summed E-state index contributed by atoms with van der Waals surface area (Å²) in [5, 5.41) is 22.9. The number of aliphatic hydroxyl groups is 1. The fourth-order valence-corrected chi connectivity index (χ4v) is 3.14. The number of pyridine rings is 2. The quantitative estimate of drug-likeness (QED) is 0.414. The number of nitrogens with zero attached hydrogens (tertiary/aromatic N) is 2. The SMILES string of the molecule is Cc1c(N[C@@H](C)CO)ncc(F)c1-n1ccc(NCc2ccccc2F)c(C=N)c1=O. The van der Waals surface area contributed by atoms with Crippen LogP contribution in [0.3, 0.4) is 0 Å². The minimum atomic E-state index is -0.704. The lowest BCUT2D eigenvalue weighted by molar-refractivity contribution is 0.281. The van der Waals surface area contributed by atoms with E-state index >= 15 is 0 Å². The Labute approximate surface area is 177 Å². The summed E-state index contributed by atoms with van der Waals surface area (Å²) in [4.78, 5) is 17.1. The molecule has 0 spiro atoms. The number of nitrogens with one attached hydrogen (secondary N) is 3. The van der Waals surface area contributed by atoms with Crippen LogP contribution in [0.4, 0.5) is 20.3 Å². The van der Waals surface area contributed by atoms with Crippen LogP contribution in [0.1, 0.15) is 23.6 Å². The zero-order valence-corrected chi connectivity index (χ0v) is 17.1. The van der Waals surface area contributed by atoms with Crippen LogP contribution in [-0.2, 0) is 6.54 Å². The maximum Gasteiger partial charge on any atom is 0.266 e. The molecule has 31 heavy (non-hydrogen) atoms.